The van der Waals surface area contributed by atoms with Crippen LogP contribution in [0.1, 0.15) is 12.5 Å². The van der Waals surface area contributed by atoms with Gasteiger partial charge in [-0.1, -0.05) is 54.6 Å². The zero-order valence-corrected chi connectivity index (χ0v) is 25.9. The van der Waals surface area contributed by atoms with Crippen LogP contribution in [0.4, 0.5) is 0 Å². The number of hydrogen-bond donors (Lipinski definition) is 2. The van der Waals surface area contributed by atoms with Gasteiger partial charge in [0.05, 0.1) is 5.71 Å². The Hall–Kier alpha value is -3.52. The van der Waals surface area contributed by atoms with Gasteiger partial charge in [-0.3, -0.25) is 4.98 Å². The van der Waals surface area contributed by atoms with Crippen LogP contribution in [-0.2, 0) is 42.3 Å². The van der Waals surface area contributed by atoms with E-state index >= 15 is 0 Å². The Bertz CT molecular complexity index is 1400. The van der Waals surface area contributed by atoms with Gasteiger partial charge in [0, 0.05) is 30.2 Å². The smallest absolute Gasteiger partial charge is 0.741 e. The molecule has 3 aromatic carbocycles. The quantitative estimate of drug-likeness (QED) is 0.0724. The third kappa shape index (κ3) is 8.26. The Kier molecular flexibility index (Phi) is 12.5. The predicted octanol–water partition coefficient (Wildman–Crippen LogP) is 3.73. The van der Waals surface area contributed by atoms with Crippen LogP contribution in [0.3, 0.4) is 0 Å². The van der Waals surface area contributed by atoms with Gasteiger partial charge in [-0.25, -0.2) is 0 Å². The van der Waals surface area contributed by atoms with Gasteiger partial charge in [0.1, 0.15) is 35.2 Å². The summed E-state index contributed by atoms with van der Waals surface area (Å²) in [5.74, 6) is 0. The molecule has 4 aromatic rings. The van der Waals surface area contributed by atoms with Crippen LogP contribution in [0.5, 0.6) is 0 Å². The molecule has 0 bridgehead atoms. The Morgan fingerprint density at radius 2 is 1.22 bits per heavy atom. The van der Waals surface area contributed by atoms with E-state index in [1.165, 1.54) is 15.9 Å². The van der Waals surface area contributed by atoms with Crippen LogP contribution in [0.15, 0.2) is 136 Å². The van der Waals surface area contributed by atoms with E-state index in [1.807, 2.05) is 30.3 Å². The molecule has 0 saturated heterocycles. The summed E-state index contributed by atoms with van der Waals surface area (Å²) in [7, 11) is -0.433. The summed E-state index contributed by atoms with van der Waals surface area (Å²) in [6, 6.07) is 35.4. The first kappa shape index (κ1) is 32.0. The van der Waals surface area contributed by atoms with Crippen LogP contribution in [0.2, 0.25) is 0 Å². The minimum absolute atomic E-state index is 0. The van der Waals surface area contributed by atoms with Gasteiger partial charge < -0.3 is 35.9 Å². The zero-order valence-electron chi connectivity index (χ0n) is 22.5. The van der Waals surface area contributed by atoms with Crippen molar-refractivity contribution < 1.29 is 17.1 Å². The normalized spacial score (nSPS) is 12.8. The second-order valence-corrected chi connectivity index (χ2v) is 12.8. The molecule has 4 rings (SSSR count). The van der Waals surface area contributed by atoms with E-state index in [1.54, 1.807) is 26.4 Å². The Labute approximate surface area is 263 Å². The fourth-order valence-corrected chi connectivity index (χ4v) is 8.28. The molecule has 0 fully saturated rings. The number of hydrogen-bond acceptors (Lipinski definition) is 7. The van der Waals surface area contributed by atoms with Crippen LogP contribution in [0, 0.1) is 0 Å². The van der Waals surface area contributed by atoms with Gasteiger partial charge in [0.25, 0.3) is 0 Å². The summed E-state index contributed by atoms with van der Waals surface area (Å²) in [5.41, 5.74) is 1.76. The predicted molar refractivity (Wildman–Crippen MR) is 176 cm³/mol. The number of pyridine rings is 1. The Morgan fingerprint density at radius 3 is 1.68 bits per heavy atom. The van der Waals surface area contributed by atoms with Crippen molar-refractivity contribution in [3.8, 4) is 0 Å². The number of nitrogens with zero attached hydrogens (tertiary/aromatic N) is 5. The maximum atomic E-state index is 5.65. The van der Waals surface area contributed by atoms with E-state index in [0.717, 1.165) is 5.56 Å². The molecule has 1 radical (unpaired) electrons. The summed E-state index contributed by atoms with van der Waals surface area (Å²) in [5, 5.41) is 27.5. The summed E-state index contributed by atoms with van der Waals surface area (Å²) in [4.78, 5) is 4.18. The van der Waals surface area contributed by atoms with Gasteiger partial charge in [0.15, 0.2) is 0 Å². The molecule has 0 atom stereocenters. The molecule has 0 aliphatic carbocycles. The number of aromatic nitrogens is 1. The second-order valence-electron chi connectivity index (χ2n) is 8.59. The molecular formula is C30H29CuN7PS2+. The average Bonchev–Trinajstić information content (AvgIpc) is 3.02. The maximum Gasteiger partial charge on any atom is 2.00 e. The zero-order chi connectivity index (χ0) is 28.2. The minimum Gasteiger partial charge on any atom is -0.741 e. The van der Waals surface area contributed by atoms with Crippen molar-refractivity contribution in [2.75, 3.05) is 13.3 Å². The summed E-state index contributed by atoms with van der Waals surface area (Å²) >= 11 is 10.8. The Balaban J connectivity index is 0.00000462. The molecule has 0 aliphatic rings. The SMILES string of the molecule is CN/C([S-])=N/N=C(/C(C)=N/N=C(\[S-])NC[P+](c1ccccc1)(c1ccccc1)c1ccccc1)c1cccnc1.[Cu+2]. The number of benzene rings is 3. The molecule has 11 heteroatoms. The molecule has 0 amide bonds. The average molecular weight is 646 g/mol. The fourth-order valence-electron chi connectivity index (χ4n) is 4.15. The number of nitrogens with one attached hydrogen (secondary N) is 2. The van der Waals surface area contributed by atoms with Gasteiger partial charge in [0.2, 0.25) is 0 Å². The van der Waals surface area contributed by atoms with Crippen molar-refractivity contribution in [3.63, 3.8) is 0 Å². The molecule has 2 N–H and O–H groups in total. The second kappa shape index (κ2) is 16.1. The molecule has 0 saturated carbocycles. The monoisotopic (exact) mass is 645 g/mol. The first-order chi connectivity index (χ1) is 19.5. The van der Waals surface area contributed by atoms with Gasteiger partial charge in [-0.2, -0.15) is 15.3 Å². The van der Waals surface area contributed by atoms with Crippen molar-refractivity contribution in [3.05, 3.63) is 121 Å². The molecule has 7 nitrogen and oxygen atoms in total. The van der Waals surface area contributed by atoms with Crippen LogP contribution in [0.25, 0.3) is 0 Å². The molecule has 1 aromatic heterocycles. The van der Waals surface area contributed by atoms with E-state index in [2.05, 4.69) is 109 Å². The third-order valence-corrected chi connectivity index (χ3v) is 10.8. The van der Waals surface area contributed by atoms with Gasteiger partial charge in [-0.15, -0.1) is 5.10 Å². The standard InChI is InChI=1S/C30H30N7PS2.Cu/c1-23(28(35-36-29(39)31-2)24-13-12-20-32-21-24)34-37-30(40)33-22-38(25-14-6-3-7-15-25,26-16-8-4-9-17-26)27-18-10-5-11-19-27;/h3-21H,22H2,1-2H3,(H3-,31,33,34,35,36,37,39,40);/q;+2/p-1. The van der Waals surface area contributed by atoms with Crippen molar-refractivity contribution >= 4 is 70.2 Å². The van der Waals surface area contributed by atoms with Gasteiger partial charge in [-0.05, 0) is 60.6 Å². The molecule has 0 aliphatic heterocycles. The van der Waals surface area contributed by atoms with E-state index < -0.39 is 7.26 Å². The van der Waals surface area contributed by atoms with Gasteiger partial charge >= 0.3 is 17.1 Å². The number of rotatable bonds is 9. The van der Waals surface area contributed by atoms with E-state index in [0.29, 0.717) is 17.7 Å². The summed E-state index contributed by atoms with van der Waals surface area (Å²) in [6.07, 6.45) is 3.95. The van der Waals surface area contributed by atoms with Crippen molar-refractivity contribution in [2.24, 2.45) is 20.4 Å². The van der Waals surface area contributed by atoms with Crippen molar-refractivity contribution in [1.29, 1.82) is 0 Å². The summed E-state index contributed by atoms with van der Waals surface area (Å²) < 4.78 is 0. The minimum atomic E-state index is -2.12. The summed E-state index contributed by atoms with van der Waals surface area (Å²) in [6.45, 7) is 1.80. The van der Waals surface area contributed by atoms with Crippen molar-refractivity contribution in [2.45, 2.75) is 6.92 Å². The molecule has 0 unspecified atom stereocenters. The number of amidine groups is 2. The van der Waals surface area contributed by atoms with E-state index in [-0.39, 0.29) is 27.4 Å². The maximum absolute atomic E-state index is 5.65. The molecule has 0 spiro atoms. The third-order valence-electron chi connectivity index (χ3n) is 6.08. The van der Waals surface area contributed by atoms with Crippen LogP contribution < -0.4 is 26.5 Å². The fraction of sp³-hybridized carbons (Fsp3) is 0.100. The first-order valence-corrected chi connectivity index (χ1v) is 15.3. The largest absolute Gasteiger partial charge is 2.00 e. The Morgan fingerprint density at radius 1 is 0.707 bits per heavy atom. The molecule has 211 valence electrons. The van der Waals surface area contributed by atoms with Crippen molar-refractivity contribution in [1.82, 2.24) is 15.6 Å². The van der Waals surface area contributed by atoms with Crippen LogP contribution >= 0.6 is 7.26 Å². The topological polar surface area (TPSA) is 86.4 Å². The van der Waals surface area contributed by atoms with Crippen LogP contribution in [-0.4, -0.2) is 40.1 Å². The van der Waals surface area contributed by atoms with E-state index in [4.69, 9.17) is 25.3 Å². The first-order valence-electron chi connectivity index (χ1n) is 12.5. The molecule has 1 heterocycles. The molecule has 41 heavy (non-hydrogen) atoms. The van der Waals surface area contributed by atoms with E-state index in [9.17, 15) is 0 Å². The molecular weight excluding hydrogens is 617 g/mol.